The minimum Gasteiger partial charge on any atom is -0.486 e. The van der Waals surface area contributed by atoms with Gasteiger partial charge in [-0.2, -0.15) is 4.98 Å². The van der Waals surface area contributed by atoms with E-state index >= 15 is 0 Å². The molecule has 1 aliphatic rings. The van der Waals surface area contributed by atoms with Crippen molar-refractivity contribution in [1.82, 2.24) is 15.5 Å². The Balaban J connectivity index is 1.32. The first-order valence-electron chi connectivity index (χ1n) is 8.82. The second-order valence-electron chi connectivity index (χ2n) is 6.10. The molecular weight excluding hydrogens is 346 g/mol. The van der Waals surface area contributed by atoms with E-state index in [-0.39, 0.29) is 5.91 Å². The number of rotatable bonds is 6. The summed E-state index contributed by atoms with van der Waals surface area (Å²) in [4.78, 5) is 16.8. The van der Waals surface area contributed by atoms with E-state index in [9.17, 15) is 4.79 Å². The number of amides is 1. The van der Waals surface area contributed by atoms with Crippen LogP contribution in [0.25, 0.3) is 0 Å². The average Bonchev–Trinajstić information content (AvgIpc) is 3.15. The van der Waals surface area contributed by atoms with Gasteiger partial charge in [-0.25, -0.2) is 0 Å². The van der Waals surface area contributed by atoms with Gasteiger partial charge in [0.1, 0.15) is 13.2 Å². The summed E-state index contributed by atoms with van der Waals surface area (Å²) in [5.74, 6) is 1.99. The predicted octanol–water partition coefficient (Wildman–Crippen LogP) is 2.40. The Kier molecular flexibility index (Phi) is 5.00. The monoisotopic (exact) mass is 365 g/mol. The molecule has 2 aromatic carbocycles. The molecule has 7 heteroatoms. The van der Waals surface area contributed by atoms with Gasteiger partial charge in [0, 0.05) is 19.4 Å². The van der Waals surface area contributed by atoms with E-state index in [1.807, 2.05) is 30.3 Å². The van der Waals surface area contributed by atoms with Crippen LogP contribution >= 0.6 is 0 Å². The van der Waals surface area contributed by atoms with Crippen molar-refractivity contribution >= 4 is 5.91 Å². The van der Waals surface area contributed by atoms with Crippen molar-refractivity contribution in [3.8, 4) is 11.5 Å². The van der Waals surface area contributed by atoms with Gasteiger partial charge in [-0.1, -0.05) is 41.6 Å². The third-order valence-electron chi connectivity index (χ3n) is 4.15. The van der Waals surface area contributed by atoms with E-state index in [1.54, 1.807) is 18.2 Å². The molecule has 0 saturated carbocycles. The number of aromatic nitrogens is 2. The SMILES string of the molecule is O=C(NCCc1nc(Cc2ccccc2)no1)c1cccc2c1OCCO2. The van der Waals surface area contributed by atoms with Crippen molar-refractivity contribution in [1.29, 1.82) is 0 Å². The maximum Gasteiger partial charge on any atom is 0.255 e. The first-order valence-corrected chi connectivity index (χ1v) is 8.82. The summed E-state index contributed by atoms with van der Waals surface area (Å²) in [5, 5.41) is 6.84. The molecular formula is C20H19N3O4. The van der Waals surface area contributed by atoms with Crippen molar-refractivity contribution in [2.24, 2.45) is 0 Å². The van der Waals surface area contributed by atoms with Crippen LogP contribution in [0.4, 0.5) is 0 Å². The zero-order valence-corrected chi connectivity index (χ0v) is 14.7. The number of carbonyl (C=O) groups is 1. The van der Waals surface area contributed by atoms with Gasteiger partial charge in [0.25, 0.3) is 5.91 Å². The average molecular weight is 365 g/mol. The van der Waals surface area contributed by atoms with E-state index in [1.165, 1.54) is 0 Å². The van der Waals surface area contributed by atoms with Gasteiger partial charge in [-0.05, 0) is 17.7 Å². The molecule has 3 aromatic rings. The first kappa shape index (κ1) is 17.1. The molecule has 0 atom stereocenters. The Morgan fingerprint density at radius 1 is 1.04 bits per heavy atom. The lowest BCUT2D eigenvalue weighted by Crippen LogP contribution is -2.27. The van der Waals surface area contributed by atoms with E-state index in [0.717, 1.165) is 5.56 Å². The van der Waals surface area contributed by atoms with Crippen molar-refractivity contribution in [2.75, 3.05) is 19.8 Å². The predicted molar refractivity (Wildman–Crippen MR) is 97.0 cm³/mol. The number of hydrogen-bond acceptors (Lipinski definition) is 6. The molecule has 27 heavy (non-hydrogen) atoms. The topological polar surface area (TPSA) is 86.5 Å². The van der Waals surface area contributed by atoms with Gasteiger partial charge in [0.15, 0.2) is 17.3 Å². The molecule has 1 N–H and O–H groups in total. The second-order valence-corrected chi connectivity index (χ2v) is 6.10. The summed E-state index contributed by atoms with van der Waals surface area (Å²) >= 11 is 0. The van der Waals surface area contributed by atoms with Crippen LogP contribution in [0.15, 0.2) is 53.1 Å². The normalized spacial score (nSPS) is 12.6. The largest absolute Gasteiger partial charge is 0.486 e. The van der Waals surface area contributed by atoms with Gasteiger partial charge in [-0.3, -0.25) is 4.79 Å². The maximum absolute atomic E-state index is 12.4. The van der Waals surface area contributed by atoms with Crippen LogP contribution in [0.1, 0.15) is 27.6 Å². The standard InChI is InChI=1S/C20H19N3O4/c24-20(15-7-4-8-16-19(15)26-12-11-25-16)21-10-9-18-22-17(23-27-18)13-14-5-2-1-3-6-14/h1-8H,9-13H2,(H,21,24). The first-order chi connectivity index (χ1) is 13.3. The number of hydrogen-bond donors (Lipinski definition) is 1. The van der Waals surface area contributed by atoms with Gasteiger partial charge >= 0.3 is 0 Å². The van der Waals surface area contributed by atoms with Crippen LogP contribution in [0.5, 0.6) is 11.5 Å². The fraction of sp³-hybridized carbons (Fsp3) is 0.250. The van der Waals surface area contributed by atoms with Crippen molar-refractivity contribution in [3.05, 3.63) is 71.4 Å². The Labute approximate surface area is 156 Å². The fourth-order valence-electron chi connectivity index (χ4n) is 2.87. The zero-order chi connectivity index (χ0) is 18.5. The maximum atomic E-state index is 12.4. The quantitative estimate of drug-likeness (QED) is 0.722. The molecule has 0 fully saturated rings. The van der Waals surface area contributed by atoms with Crippen LogP contribution in [0.3, 0.4) is 0 Å². The summed E-state index contributed by atoms with van der Waals surface area (Å²) in [5.41, 5.74) is 1.58. The van der Waals surface area contributed by atoms with E-state index in [0.29, 0.717) is 61.4 Å². The highest BCUT2D eigenvalue weighted by Crippen LogP contribution is 2.33. The highest BCUT2D eigenvalue weighted by Gasteiger charge is 2.20. The van der Waals surface area contributed by atoms with E-state index in [4.69, 9.17) is 14.0 Å². The number of carbonyl (C=O) groups excluding carboxylic acids is 1. The van der Waals surface area contributed by atoms with Crippen LogP contribution in [0.2, 0.25) is 0 Å². The van der Waals surface area contributed by atoms with Gasteiger partial charge < -0.3 is 19.3 Å². The summed E-state index contributed by atoms with van der Waals surface area (Å²) in [6.07, 6.45) is 1.07. The van der Waals surface area contributed by atoms with E-state index < -0.39 is 0 Å². The molecule has 0 spiro atoms. The minimum atomic E-state index is -0.221. The number of para-hydroxylation sites is 1. The Morgan fingerprint density at radius 2 is 1.89 bits per heavy atom. The molecule has 1 aromatic heterocycles. The lowest BCUT2D eigenvalue weighted by Gasteiger charge is -2.20. The van der Waals surface area contributed by atoms with Gasteiger partial charge in [-0.15, -0.1) is 0 Å². The summed E-state index contributed by atoms with van der Waals surface area (Å²) in [7, 11) is 0. The highest BCUT2D eigenvalue weighted by molar-refractivity contribution is 5.97. The molecule has 138 valence electrons. The number of ether oxygens (including phenoxy) is 2. The van der Waals surface area contributed by atoms with Crippen LogP contribution in [-0.2, 0) is 12.8 Å². The van der Waals surface area contributed by atoms with Crippen LogP contribution in [0, 0.1) is 0 Å². The third kappa shape index (κ3) is 4.08. The molecule has 0 saturated heterocycles. The van der Waals surface area contributed by atoms with Crippen molar-refractivity contribution in [2.45, 2.75) is 12.8 Å². The molecule has 7 nitrogen and oxygen atoms in total. The van der Waals surface area contributed by atoms with Crippen LogP contribution in [-0.4, -0.2) is 35.8 Å². The molecule has 0 unspecified atom stereocenters. The smallest absolute Gasteiger partial charge is 0.255 e. The molecule has 1 amide bonds. The summed E-state index contributed by atoms with van der Waals surface area (Å²) in [6.45, 7) is 1.31. The second kappa shape index (κ2) is 7.90. The molecule has 0 radical (unpaired) electrons. The van der Waals surface area contributed by atoms with E-state index in [2.05, 4.69) is 15.5 Å². The minimum absolute atomic E-state index is 0.221. The molecule has 0 aliphatic carbocycles. The molecule has 0 bridgehead atoms. The third-order valence-corrected chi connectivity index (χ3v) is 4.15. The fourth-order valence-corrected chi connectivity index (χ4v) is 2.87. The number of fused-ring (bicyclic) bond motifs is 1. The number of nitrogens with one attached hydrogen (secondary N) is 1. The number of benzene rings is 2. The van der Waals surface area contributed by atoms with Crippen molar-refractivity contribution in [3.63, 3.8) is 0 Å². The highest BCUT2D eigenvalue weighted by atomic mass is 16.6. The number of nitrogens with zero attached hydrogens (tertiary/aromatic N) is 2. The molecule has 4 rings (SSSR count). The summed E-state index contributed by atoms with van der Waals surface area (Å²) < 4.78 is 16.3. The van der Waals surface area contributed by atoms with Crippen molar-refractivity contribution < 1.29 is 18.8 Å². The van der Waals surface area contributed by atoms with Crippen LogP contribution < -0.4 is 14.8 Å². The molecule has 1 aliphatic heterocycles. The molecule has 2 heterocycles. The van der Waals surface area contributed by atoms with Gasteiger partial charge in [0.2, 0.25) is 5.89 Å². The lowest BCUT2D eigenvalue weighted by atomic mass is 10.1. The Bertz CT molecular complexity index is 924. The summed E-state index contributed by atoms with van der Waals surface area (Å²) in [6, 6.07) is 15.2. The Morgan fingerprint density at radius 3 is 2.78 bits per heavy atom. The Hall–Kier alpha value is -3.35. The zero-order valence-electron chi connectivity index (χ0n) is 14.7. The van der Waals surface area contributed by atoms with Gasteiger partial charge in [0.05, 0.1) is 5.56 Å². The lowest BCUT2D eigenvalue weighted by molar-refractivity contribution is 0.0942.